The fourth-order valence-corrected chi connectivity index (χ4v) is 3.78. The molecule has 0 aliphatic carbocycles. The Morgan fingerprint density at radius 3 is 1.66 bits per heavy atom. The second-order valence-corrected chi connectivity index (χ2v) is 7.69. The van der Waals surface area contributed by atoms with Crippen molar-refractivity contribution in [2.75, 3.05) is 4.90 Å². The highest BCUT2D eigenvalue weighted by molar-refractivity contribution is 5.88. The minimum Gasteiger partial charge on any atom is -0.508 e. The monoisotopic (exact) mass is 427 g/mol. The van der Waals surface area contributed by atoms with Crippen LogP contribution in [0.1, 0.15) is 16.7 Å². The van der Waals surface area contributed by atoms with Crippen molar-refractivity contribution in [2.24, 2.45) is 0 Å². The highest BCUT2D eigenvalue weighted by Crippen LogP contribution is 2.49. The Balaban J connectivity index is 1.97. The van der Waals surface area contributed by atoms with Gasteiger partial charge in [-0.25, -0.2) is 0 Å². The highest BCUT2D eigenvalue weighted by atomic mass is 16.5. The molecule has 0 radical (unpaired) electrons. The lowest BCUT2D eigenvalue weighted by Gasteiger charge is -2.30. The molecule has 32 heavy (non-hydrogen) atoms. The average Bonchev–Trinajstić information content (AvgIpc) is 2.76. The summed E-state index contributed by atoms with van der Waals surface area (Å²) in [5.74, 6) is 1.32. The van der Waals surface area contributed by atoms with Gasteiger partial charge in [-0.15, -0.1) is 0 Å². The Morgan fingerprint density at radius 1 is 0.562 bits per heavy atom. The van der Waals surface area contributed by atoms with E-state index in [9.17, 15) is 15.3 Å². The van der Waals surface area contributed by atoms with Gasteiger partial charge in [0.05, 0.1) is 17.1 Å². The standard InChI is InChI=1S/C27H25NO4/c1-17-9-6-13-22(30)26(17)28(27-18(2)10-7-14-23(27)31)20-11-4-5-15-25(20)32-24-16-8-12-21(29)19(24)3/h4-16,29-31H,1-3H3. The summed E-state index contributed by atoms with van der Waals surface area (Å²) in [5.41, 5.74) is 3.99. The van der Waals surface area contributed by atoms with Crippen molar-refractivity contribution in [2.45, 2.75) is 20.8 Å². The zero-order chi connectivity index (χ0) is 22.8. The topological polar surface area (TPSA) is 73.2 Å². The first kappa shape index (κ1) is 21.1. The van der Waals surface area contributed by atoms with E-state index in [1.54, 1.807) is 49.4 Å². The second-order valence-electron chi connectivity index (χ2n) is 7.69. The van der Waals surface area contributed by atoms with Gasteiger partial charge in [-0.2, -0.15) is 0 Å². The normalized spacial score (nSPS) is 10.7. The van der Waals surface area contributed by atoms with Gasteiger partial charge in [0.25, 0.3) is 0 Å². The van der Waals surface area contributed by atoms with E-state index in [-0.39, 0.29) is 17.2 Å². The van der Waals surface area contributed by atoms with Crippen molar-refractivity contribution in [1.29, 1.82) is 0 Å². The van der Waals surface area contributed by atoms with Crippen LogP contribution in [0.3, 0.4) is 0 Å². The van der Waals surface area contributed by atoms with Crippen LogP contribution in [-0.4, -0.2) is 15.3 Å². The zero-order valence-electron chi connectivity index (χ0n) is 18.2. The Morgan fingerprint density at radius 2 is 1.06 bits per heavy atom. The van der Waals surface area contributed by atoms with Crippen LogP contribution in [0.5, 0.6) is 28.7 Å². The highest BCUT2D eigenvalue weighted by Gasteiger charge is 2.25. The number of anilines is 3. The number of hydrogen-bond acceptors (Lipinski definition) is 5. The van der Waals surface area contributed by atoms with Crippen molar-refractivity contribution in [1.82, 2.24) is 0 Å². The molecule has 0 spiro atoms. The number of rotatable bonds is 5. The molecule has 0 aliphatic rings. The predicted molar refractivity (Wildman–Crippen MR) is 127 cm³/mol. The maximum atomic E-state index is 10.8. The molecule has 3 N–H and O–H groups in total. The van der Waals surface area contributed by atoms with Gasteiger partial charge in [0.2, 0.25) is 0 Å². The zero-order valence-corrected chi connectivity index (χ0v) is 18.2. The predicted octanol–water partition coefficient (Wildman–Crippen LogP) is 6.99. The fourth-order valence-electron chi connectivity index (χ4n) is 3.78. The van der Waals surface area contributed by atoms with Crippen LogP contribution in [0.25, 0.3) is 0 Å². The van der Waals surface area contributed by atoms with E-state index >= 15 is 0 Å². The molecule has 162 valence electrons. The number of benzene rings is 4. The quantitative estimate of drug-likeness (QED) is 0.320. The first-order valence-corrected chi connectivity index (χ1v) is 10.3. The van der Waals surface area contributed by atoms with Crippen LogP contribution in [0.15, 0.2) is 78.9 Å². The molecule has 0 fully saturated rings. The maximum absolute atomic E-state index is 10.8. The molecule has 0 saturated heterocycles. The van der Waals surface area contributed by atoms with E-state index in [4.69, 9.17) is 4.74 Å². The molecule has 0 aliphatic heterocycles. The number of para-hydroxylation sites is 4. The molecule has 0 amide bonds. The molecule has 0 bridgehead atoms. The van der Waals surface area contributed by atoms with Gasteiger partial charge in [0.15, 0.2) is 5.75 Å². The molecule has 5 nitrogen and oxygen atoms in total. The Hall–Kier alpha value is -4.12. The van der Waals surface area contributed by atoms with E-state index in [1.807, 2.05) is 55.1 Å². The Bertz CT molecular complexity index is 1190. The van der Waals surface area contributed by atoms with Gasteiger partial charge >= 0.3 is 0 Å². The lowest BCUT2D eigenvalue weighted by molar-refractivity contribution is 0.448. The van der Waals surface area contributed by atoms with Crippen molar-refractivity contribution in [3.8, 4) is 28.7 Å². The second kappa shape index (κ2) is 8.55. The van der Waals surface area contributed by atoms with Gasteiger partial charge < -0.3 is 20.1 Å². The third kappa shape index (κ3) is 3.81. The molecule has 4 aromatic carbocycles. The molecule has 4 rings (SSSR count). The molecule has 4 aromatic rings. The van der Waals surface area contributed by atoms with Crippen molar-refractivity contribution in [3.63, 3.8) is 0 Å². The Kier molecular flexibility index (Phi) is 5.65. The number of nitrogens with zero attached hydrogens (tertiary/aromatic N) is 1. The number of hydrogen-bond donors (Lipinski definition) is 3. The summed E-state index contributed by atoms with van der Waals surface area (Å²) in [5, 5.41) is 31.8. The van der Waals surface area contributed by atoms with E-state index in [2.05, 4.69) is 0 Å². The number of aromatic hydroxyl groups is 3. The Labute approximate surface area is 187 Å². The van der Waals surface area contributed by atoms with Gasteiger partial charge in [0.1, 0.15) is 23.0 Å². The summed E-state index contributed by atoms with van der Waals surface area (Å²) in [4.78, 5) is 1.81. The molecular weight excluding hydrogens is 402 g/mol. The fraction of sp³-hybridized carbons (Fsp3) is 0.111. The summed E-state index contributed by atoms with van der Waals surface area (Å²) in [7, 11) is 0. The van der Waals surface area contributed by atoms with Gasteiger partial charge in [0, 0.05) is 5.56 Å². The lowest BCUT2D eigenvalue weighted by atomic mass is 10.1. The number of aryl methyl sites for hydroxylation is 2. The first-order valence-electron chi connectivity index (χ1n) is 10.3. The smallest absolute Gasteiger partial charge is 0.151 e. The van der Waals surface area contributed by atoms with Crippen LogP contribution < -0.4 is 9.64 Å². The average molecular weight is 428 g/mol. The van der Waals surface area contributed by atoms with Crippen LogP contribution in [-0.2, 0) is 0 Å². The van der Waals surface area contributed by atoms with Crippen LogP contribution >= 0.6 is 0 Å². The van der Waals surface area contributed by atoms with Crippen LogP contribution in [0, 0.1) is 20.8 Å². The molecule has 0 unspecified atom stereocenters. The minimum absolute atomic E-state index is 0.0796. The summed E-state index contributed by atoms with van der Waals surface area (Å²) < 4.78 is 6.24. The van der Waals surface area contributed by atoms with Crippen LogP contribution in [0.2, 0.25) is 0 Å². The SMILES string of the molecule is Cc1cccc(O)c1N(c1ccccc1Oc1cccc(O)c1C)c1c(C)cccc1O. The first-order chi connectivity index (χ1) is 15.4. The van der Waals surface area contributed by atoms with Crippen molar-refractivity contribution < 1.29 is 20.1 Å². The van der Waals surface area contributed by atoms with Gasteiger partial charge in [-0.3, -0.25) is 4.90 Å². The third-order valence-electron chi connectivity index (χ3n) is 5.46. The summed E-state index contributed by atoms with van der Waals surface area (Å²) in [6.07, 6.45) is 0. The maximum Gasteiger partial charge on any atom is 0.151 e. The molecular formula is C27H25NO4. The summed E-state index contributed by atoms with van der Waals surface area (Å²) >= 11 is 0. The van der Waals surface area contributed by atoms with Gasteiger partial charge in [-0.05, 0) is 68.3 Å². The van der Waals surface area contributed by atoms with Crippen molar-refractivity contribution in [3.05, 3.63) is 95.6 Å². The summed E-state index contributed by atoms with van der Waals surface area (Å²) in [6.45, 7) is 5.59. The number of phenols is 3. The lowest BCUT2D eigenvalue weighted by Crippen LogP contribution is -2.14. The minimum atomic E-state index is 0.0796. The van der Waals surface area contributed by atoms with E-state index in [1.165, 1.54) is 0 Å². The van der Waals surface area contributed by atoms with Crippen molar-refractivity contribution >= 4 is 17.1 Å². The van der Waals surface area contributed by atoms with Gasteiger partial charge in [-0.1, -0.05) is 42.5 Å². The van der Waals surface area contributed by atoms with E-state index < -0.39 is 0 Å². The molecule has 0 saturated carbocycles. The molecule has 0 aromatic heterocycles. The van der Waals surface area contributed by atoms with E-state index in [0.29, 0.717) is 34.1 Å². The third-order valence-corrected chi connectivity index (χ3v) is 5.46. The number of ether oxygens (including phenoxy) is 1. The van der Waals surface area contributed by atoms with Crippen LogP contribution in [0.4, 0.5) is 17.1 Å². The number of phenolic OH excluding ortho intramolecular Hbond substituents is 3. The largest absolute Gasteiger partial charge is 0.508 e. The molecule has 0 heterocycles. The van der Waals surface area contributed by atoms with E-state index in [0.717, 1.165) is 11.1 Å². The molecule has 5 heteroatoms. The molecule has 0 atom stereocenters. The summed E-state index contributed by atoms with van der Waals surface area (Å²) in [6, 6.07) is 23.1.